The maximum absolute atomic E-state index is 14.0. The molecule has 0 unspecified atom stereocenters. The SMILES string of the molecule is CC(C)OC(=O)[C@H](CCC(=O)C=[N+]=[N-])NC(=O)[C@H](Cc1c[nH]c2c(F)cccc12)OC(C)C. The van der Waals surface area contributed by atoms with Crippen molar-refractivity contribution in [3.63, 3.8) is 0 Å². The number of benzene rings is 1. The first-order chi connectivity index (χ1) is 15.6. The number of aromatic nitrogens is 1. The summed E-state index contributed by atoms with van der Waals surface area (Å²) in [5.41, 5.74) is 9.51. The number of carbonyl (C=O) groups excluding carboxylic acids is 3. The number of aromatic amines is 1. The topological polar surface area (TPSA) is 134 Å². The summed E-state index contributed by atoms with van der Waals surface area (Å²) in [4.78, 5) is 42.8. The maximum atomic E-state index is 14.0. The number of H-pyrrole nitrogens is 1. The summed E-state index contributed by atoms with van der Waals surface area (Å²) in [6.07, 6.45) is 0.602. The predicted molar refractivity (Wildman–Crippen MR) is 119 cm³/mol. The number of ketones is 1. The zero-order valence-electron chi connectivity index (χ0n) is 19.1. The van der Waals surface area contributed by atoms with E-state index in [9.17, 15) is 18.8 Å². The quantitative estimate of drug-likeness (QED) is 0.217. The second-order valence-electron chi connectivity index (χ2n) is 8.15. The van der Waals surface area contributed by atoms with E-state index in [1.54, 1.807) is 46.0 Å². The number of nitrogens with one attached hydrogen (secondary N) is 2. The maximum Gasteiger partial charge on any atom is 0.328 e. The Balaban J connectivity index is 2.22. The molecule has 0 aliphatic rings. The molecule has 0 saturated heterocycles. The minimum Gasteiger partial charge on any atom is -0.461 e. The third-order valence-electron chi connectivity index (χ3n) is 4.72. The molecular weight excluding hydrogens is 431 g/mol. The van der Waals surface area contributed by atoms with Crippen LogP contribution in [0.25, 0.3) is 16.4 Å². The van der Waals surface area contributed by atoms with E-state index in [2.05, 4.69) is 15.1 Å². The molecule has 1 aromatic heterocycles. The van der Waals surface area contributed by atoms with E-state index in [1.165, 1.54) is 6.07 Å². The highest BCUT2D eigenvalue weighted by Crippen LogP contribution is 2.23. The summed E-state index contributed by atoms with van der Waals surface area (Å²) in [6, 6.07) is 3.56. The van der Waals surface area contributed by atoms with Crippen LogP contribution in [0.1, 0.15) is 46.1 Å². The second kappa shape index (κ2) is 12.0. The number of esters is 1. The van der Waals surface area contributed by atoms with Crippen LogP contribution in [0.4, 0.5) is 4.39 Å². The van der Waals surface area contributed by atoms with Crippen LogP contribution < -0.4 is 5.32 Å². The Labute approximate surface area is 191 Å². The van der Waals surface area contributed by atoms with Crippen LogP contribution in [-0.2, 0) is 30.3 Å². The lowest BCUT2D eigenvalue weighted by molar-refractivity contribution is -0.153. The van der Waals surface area contributed by atoms with E-state index < -0.39 is 41.7 Å². The van der Waals surface area contributed by atoms with Gasteiger partial charge in [0.15, 0.2) is 0 Å². The average molecular weight is 461 g/mol. The van der Waals surface area contributed by atoms with Gasteiger partial charge in [-0.3, -0.25) is 9.59 Å². The third kappa shape index (κ3) is 7.62. The molecule has 0 saturated carbocycles. The fourth-order valence-electron chi connectivity index (χ4n) is 3.32. The molecule has 178 valence electrons. The Hall–Kier alpha value is -3.36. The summed E-state index contributed by atoms with van der Waals surface area (Å²) < 4.78 is 25.0. The molecule has 0 aliphatic heterocycles. The number of para-hydroxylation sites is 1. The lowest BCUT2D eigenvalue weighted by Crippen LogP contribution is -2.48. The molecule has 2 aromatic rings. The van der Waals surface area contributed by atoms with Crippen molar-refractivity contribution in [2.24, 2.45) is 0 Å². The monoisotopic (exact) mass is 460 g/mol. The molecule has 2 atom stereocenters. The average Bonchev–Trinajstić information content (AvgIpc) is 3.14. The van der Waals surface area contributed by atoms with Crippen LogP contribution in [-0.4, -0.2) is 58.0 Å². The highest BCUT2D eigenvalue weighted by atomic mass is 19.1. The Morgan fingerprint density at radius 2 is 1.94 bits per heavy atom. The van der Waals surface area contributed by atoms with Gasteiger partial charge in [0.25, 0.3) is 0 Å². The highest BCUT2D eigenvalue weighted by Gasteiger charge is 2.29. The molecule has 0 aliphatic carbocycles. The Morgan fingerprint density at radius 1 is 1.21 bits per heavy atom. The predicted octanol–water partition coefficient (Wildman–Crippen LogP) is 2.73. The molecule has 0 radical (unpaired) electrons. The van der Waals surface area contributed by atoms with Gasteiger partial charge in [-0.05, 0) is 45.7 Å². The molecule has 0 bridgehead atoms. The summed E-state index contributed by atoms with van der Waals surface area (Å²) in [6.45, 7) is 6.88. The number of rotatable bonds is 12. The first-order valence-corrected chi connectivity index (χ1v) is 10.7. The van der Waals surface area contributed by atoms with Crippen molar-refractivity contribution in [2.45, 2.75) is 71.3 Å². The summed E-state index contributed by atoms with van der Waals surface area (Å²) in [5, 5.41) is 3.24. The number of Topliss-reactive ketones (excluding diaryl/α,β-unsaturated/α-hetero) is 1. The van der Waals surface area contributed by atoms with E-state index in [-0.39, 0.29) is 25.4 Å². The number of hydrogen-bond donors (Lipinski definition) is 2. The molecule has 1 heterocycles. The van der Waals surface area contributed by atoms with Crippen molar-refractivity contribution in [2.75, 3.05) is 0 Å². The minimum absolute atomic E-state index is 0.0468. The molecule has 9 nitrogen and oxygen atoms in total. The van der Waals surface area contributed by atoms with Crippen molar-refractivity contribution < 1.29 is 33.0 Å². The van der Waals surface area contributed by atoms with Crippen molar-refractivity contribution >= 4 is 34.8 Å². The van der Waals surface area contributed by atoms with E-state index in [0.717, 1.165) is 6.21 Å². The van der Waals surface area contributed by atoms with Crippen molar-refractivity contribution in [1.82, 2.24) is 10.3 Å². The van der Waals surface area contributed by atoms with Gasteiger partial charge in [-0.2, -0.15) is 4.79 Å². The molecule has 1 amide bonds. The van der Waals surface area contributed by atoms with E-state index >= 15 is 0 Å². The van der Waals surface area contributed by atoms with E-state index in [1.807, 2.05) is 0 Å². The number of fused-ring (bicyclic) bond motifs is 1. The molecule has 0 fully saturated rings. The minimum atomic E-state index is -1.10. The van der Waals surface area contributed by atoms with Gasteiger partial charge >= 0.3 is 12.2 Å². The first-order valence-electron chi connectivity index (χ1n) is 10.7. The van der Waals surface area contributed by atoms with Gasteiger partial charge in [0, 0.05) is 24.4 Å². The molecule has 2 N–H and O–H groups in total. The summed E-state index contributed by atoms with van der Waals surface area (Å²) in [7, 11) is 0. The van der Waals surface area contributed by atoms with Gasteiger partial charge in [0.2, 0.25) is 11.7 Å². The van der Waals surface area contributed by atoms with Crippen LogP contribution in [0.2, 0.25) is 0 Å². The van der Waals surface area contributed by atoms with Crippen molar-refractivity contribution in [3.8, 4) is 0 Å². The normalized spacial score (nSPS) is 12.9. The smallest absolute Gasteiger partial charge is 0.328 e. The zero-order chi connectivity index (χ0) is 24.5. The summed E-state index contributed by atoms with van der Waals surface area (Å²) in [5.74, 6) is -2.17. The summed E-state index contributed by atoms with van der Waals surface area (Å²) >= 11 is 0. The number of amides is 1. The fraction of sp³-hybridized carbons (Fsp3) is 0.478. The molecular formula is C23H29FN4O5. The molecule has 0 spiro atoms. The van der Waals surface area contributed by atoms with E-state index in [0.29, 0.717) is 16.5 Å². The Bertz CT molecular complexity index is 1040. The van der Waals surface area contributed by atoms with E-state index in [4.69, 9.17) is 15.0 Å². The van der Waals surface area contributed by atoms with Gasteiger partial charge in [-0.1, -0.05) is 12.1 Å². The first kappa shape index (κ1) is 25.9. The highest BCUT2D eigenvalue weighted by molar-refractivity contribution is 6.25. The van der Waals surface area contributed by atoms with Crippen molar-refractivity contribution in [1.29, 1.82) is 0 Å². The number of ether oxygens (including phenoxy) is 2. The number of halogens is 1. The molecule has 10 heteroatoms. The van der Waals surface area contributed by atoms with Gasteiger partial charge < -0.3 is 25.3 Å². The van der Waals surface area contributed by atoms with Gasteiger partial charge in [-0.25, -0.2) is 9.18 Å². The molecule has 33 heavy (non-hydrogen) atoms. The van der Waals surface area contributed by atoms with Gasteiger partial charge in [0.1, 0.15) is 18.0 Å². The number of hydrogen-bond acceptors (Lipinski definition) is 5. The molecule has 1 aromatic carbocycles. The lowest BCUT2D eigenvalue weighted by atomic mass is 10.0. The lowest BCUT2D eigenvalue weighted by Gasteiger charge is -2.24. The van der Waals surface area contributed by atoms with Crippen LogP contribution in [0.15, 0.2) is 24.4 Å². The van der Waals surface area contributed by atoms with Crippen LogP contribution in [0, 0.1) is 5.82 Å². The van der Waals surface area contributed by atoms with Gasteiger partial charge in [-0.15, -0.1) is 0 Å². The zero-order valence-corrected chi connectivity index (χ0v) is 19.1. The number of carbonyl (C=O) groups is 3. The van der Waals surface area contributed by atoms with Crippen LogP contribution in [0.5, 0.6) is 0 Å². The van der Waals surface area contributed by atoms with Crippen LogP contribution >= 0.6 is 0 Å². The molecule has 2 rings (SSSR count). The Morgan fingerprint density at radius 3 is 2.58 bits per heavy atom. The third-order valence-corrected chi connectivity index (χ3v) is 4.72. The van der Waals surface area contributed by atoms with Crippen molar-refractivity contribution in [3.05, 3.63) is 41.3 Å². The Kier molecular flexibility index (Phi) is 9.44. The number of nitrogens with zero attached hydrogens (tertiary/aromatic N) is 2. The second-order valence-corrected chi connectivity index (χ2v) is 8.15. The standard InChI is InChI=1S/C23H29FN4O5/c1-13(2)32-20(10-15-11-26-21-17(15)6-5-7-18(21)24)22(30)28-19(23(31)33-14(3)4)9-8-16(29)12-27-25/h5-7,11-14,19-20,26H,8-10H2,1-4H3,(H,28,30)/t19-,20-/m0/s1. The largest absolute Gasteiger partial charge is 0.461 e. The van der Waals surface area contributed by atoms with Crippen LogP contribution in [0.3, 0.4) is 0 Å². The van der Waals surface area contributed by atoms with Gasteiger partial charge in [0.05, 0.1) is 17.7 Å². The fourth-order valence-corrected chi connectivity index (χ4v) is 3.32.